The molecule has 1 aliphatic rings. The summed E-state index contributed by atoms with van der Waals surface area (Å²) >= 11 is 8.05. The van der Waals surface area contributed by atoms with Gasteiger partial charge in [-0.1, -0.05) is 56.1 Å². The smallest absolute Gasteiger partial charge is 0.301 e. The zero-order valence-electron chi connectivity index (χ0n) is 14.2. The minimum atomic E-state index is -0.771. The molecule has 8 heteroatoms. The fourth-order valence-corrected chi connectivity index (χ4v) is 4.47. The number of hydrogen-bond donors (Lipinski definition) is 1. The SMILES string of the molecule is O=C1C(=O)N(c2nccs2)[C@H](c2cccc(Br)c2)/C1=C(\O)c1ccc(Br)cc1. The average molecular weight is 520 g/mol. The Morgan fingerprint density at radius 2 is 1.82 bits per heavy atom. The van der Waals surface area contributed by atoms with Crippen LogP contribution in [0.1, 0.15) is 17.2 Å². The number of hydrogen-bond acceptors (Lipinski definition) is 5. The predicted molar refractivity (Wildman–Crippen MR) is 115 cm³/mol. The summed E-state index contributed by atoms with van der Waals surface area (Å²) in [6.45, 7) is 0. The Labute approximate surface area is 181 Å². The lowest BCUT2D eigenvalue weighted by Gasteiger charge is -2.23. The first kappa shape index (κ1) is 19.0. The normalized spacial score (nSPS) is 18.6. The van der Waals surface area contributed by atoms with Gasteiger partial charge in [-0.2, -0.15) is 0 Å². The number of anilines is 1. The van der Waals surface area contributed by atoms with Gasteiger partial charge in [0.1, 0.15) is 5.76 Å². The summed E-state index contributed by atoms with van der Waals surface area (Å²) in [4.78, 5) is 31.3. The molecule has 0 saturated carbocycles. The third kappa shape index (κ3) is 3.32. The number of benzene rings is 2. The molecular formula is C20H12Br2N2O3S. The molecule has 1 aromatic heterocycles. The molecule has 2 aromatic carbocycles. The van der Waals surface area contributed by atoms with Gasteiger partial charge in [0, 0.05) is 26.1 Å². The Kier molecular flexibility index (Phi) is 5.18. The van der Waals surface area contributed by atoms with E-state index in [1.807, 2.05) is 24.3 Å². The zero-order chi connectivity index (χ0) is 19.8. The maximum Gasteiger partial charge on any atom is 0.301 e. The molecule has 1 aliphatic heterocycles. The molecule has 1 N–H and O–H groups in total. The van der Waals surface area contributed by atoms with E-state index in [0.717, 1.165) is 8.95 Å². The molecule has 0 radical (unpaired) electrons. The first-order valence-electron chi connectivity index (χ1n) is 8.19. The Bertz CT molecular complexity index is 1090. The number of halogens is 2. The maximum absolute atomic E-state index is 12.9. The monoisotopic (exact) mass is 518 g/mol. The number of amides is 1. The standard InChI is InChI=1S/C20H12Br2N2O3S/c21-13-6-4-11(5-7-13)17(25)15-16(12-2-1-3-14(22)10-12)24(19(27)18(15)26)20-23-8-9-28-20/h1-10,16,25H/b17-15+/t16-/m1/s1. The van der Waals surface area contributed by atoms with Gasteiger partial charge < -0.3 is 5.11 Å². The van der Waals surface area contributed by atoms with E-state index in [9.17, 15) is 14.7 Å². The topological polar surface area (TPSA) is 70.5 Å². The molecule has 3 aromatic rings. The van der Waals surface area contributed by atoms with Crippen molar-refractivity contribution in [3.63, 3.8) is 0 Å². The minimum absolute atomic E-state index is 0.0422. The highest BCUT2D eigenvalue weighted by Gasteiger charge is 2.47. The van der Waals surface area contributed by atoms with Crippen molar-refractivity contribution in [1.82, 2.24) is 4.98 Å². The fourth-order valence-electron chi connectivity index (χ4n) is 3.12. The summed E-state index contributed by atoms with van der Waals surface area (Å²) in [5.41, 5.74) is 1.20. The lowest BCUT2D eigenvalue weighted by Crippen LogP contribution is -2.29. The number of ketones is 1. The van der Waals surface area contributed by atoms with E-state index in [2.05, 4.69) is 36.8 Å². The number of aliphatic hydroxyl groups is 1. The van der Waals surface area contributed by atoms with Gasteiger partial charge in [0.25, 0.3) is 5.78 Å². The van der Waals surface area contributed by atoms with E-state index in [0.29, 0.717) is 16.3 Å². The summed E-state index contributed by atoms with van der Waals surface area (Å²) in [5.74, 6) is -1.66. The number of aromatic nitrogens is 1. The van der Waals surface area contributed by atoms with Gasteiger partial charge in [-0.3, -0.25) is 14.5 Å². The van der Waals surface area contributed by atoms with E-state index >= 15 is 0 Å². The Balaban J connectivity index is 1.95. The van der Waals surface area contributed by atoms with Crippen molar-refractivity contribution in [2.24, 2.45) is 0 Å². The second-order valence-electron chi connectivity index (χ2n) is 6.05. The molecular weight excluding hydrogens is 508 g/mol. The molecule has 0 spiro atoms. The number of nitrogens with zero attached hydrogens (tertiary/aromatic N) is 2. The molecule has 140 valence electrons. The lowest BCUT2D eigenvalue weighted by atomic mass is 9.95. The summed E-state index contributed by atoms with van der Waals surface area (Å²) in [5, 5.41) is 13.1. The molecule has 28 heavy (non-hydrogen) atoms. The average Bonchev–Trinajstić information content (AvgIpc) is 3.29. The van der Waals surface area contributed by atoms with Crippen molar-refractivity contribution in [3.8, 4) is 0 Å². The quantitative estimate of drug-likeness (QED) is 0.290. The summed E-state index contributed by atoms with van der Waals surface area (Å²) in [6, 6.07) is 13.5. The van der Waals surface area contributed by atoms with Gasteiger partial charge in [0.2, 0.25) is 0 Å². The summed E-state index contributed by atoms with van der Waals surface area (Å²) in [6.07, 6.45) is 1.58. The summed E-state index contributed by atoms with van der Waals surface area (Å²) in [7, 11) is 0. The van der Waals surface area contributed by atoms with Crippen LogP contribution in [0.3, 0.4) is 0 Å². The van der Waals surface area contributed by atoms with Crippen LogP contribution in [0.5, 0.6) is 0 Å². The van der Waals surface area contributed by atoms with Crippen molar-refractivity contribution < 1.29 is 14.7 Å². The van der Waals surface area contributed by atoms with Gasteiger partial charge >= 0.3 is 5.91 Å². The van der Waals surface area contributed by atoms with Crippen molar-refractivity contribution in [2.75, 3.05) is 4.90 Å². The highest BCUT2D eigenvalue weighted by molar-refractivity contribution is 9.10. The van der Waals surface area contributed by atoms with Gasteiger partial charge in [-0.15, -0.1) is 11.3 Å². The number of aliphatic hydroxyl groups excluding tert-OH is 1. The predicted octanol–water partition coefficient (Wildman–Crippen LogP) is 5.29. The molecule has 0 unspecified atom stereocenters. The van der Waals surface area contributed by atoms with Crippen LogP contribution in [-0.4, -0.2) is 21.8 Å². The van der Waals surface area contributed by atoms with Crippen molar-refractivity contribution >= 4 is 65.8 Å². The first-order chi connectivity index (χ1) is 13.5. The van der Waals surface area contributed by atoms with E-state index in [1.54, 1.807) is 35.8 Å². The Morgan fingerprint density at radius 1 is 1.07 bits per heavy atom. The third-order valence-electron chi connectivity index (χ3n) is 4.35. The molecule has 0 bridgehead atoms. The molecule has 4 rings (SSSR count). The van der Waals surface area contributed by atoms with Crippen LogP contribution >= 0.6 is 43.2 Å². The van der Waals surface area contributed by atoms with E-state index in [-0.39, 0.29) is 11.3 Å². The van der Waals surface area contributed by atoms with Crippen molar-refractivity contribution in [2.45, 2.75) is 6.04 Å². The fraction of sp³-hybridized carbons (Fsp3) is 0.0500. The Morgan fingerprint density at radius 3 is 2.46 bits per heavy atom. The van der Waals surface area contributed by atoms with Crippen LogP contribution in [-0.2, 0) is 9.59 Å². The zero-order valence-corrected chi connectivity index (χ0v) is 18.2. The van der Waals surface area contributed by atoms with Gasteiger partial charge in [0.15, 0.2) is 5.13 Å². The molecule has 2 heterocycles. The van der Waals surface area contributed by atoms with Crippen molar-refractivity contribution in [3.05, 3.63) is 85.8 Å². The number of rotatable bonds is 3. The Hall–Kier alpha value is -2.29. The van der Waals surface area contributed by atoms with Gasteiger partial charge in [-0.05, 0) is 29.8 Å². The molecule has 1 saturated heterocycles. The van der Waals surface area contributed by atoms with E-state index in [4.69, 9.17) is 0 Å². The minimum Gasteiger partial charge on any atom is -0.507 e. The van der Waals surface area contributed by atoms with Crippen LogP contribution in [0.15, 0.2) is 74.6 Å². The van der Waals surface area contributed by atoms with Crippen LogP contribution in [0.25, 0.3) is 5.76 Å². The molecule has 1 atom stereocenters. The van der Waals surface area contributed by atoms with E-state index in [1.165, 1.54) is 16.2 Å². The molecule has 1 amide bonds. The second kappa shape index (κ2) is 7.62. The molecule has 0 aliphatic carbocycles. The second-order valence-corrected chi connectivity index (χ2v) is 8.75. The number of carbonyl (C=O) groups excluding carboxylic acids is 2. The lowest BCUT2D eigenvalue weighted by molar-refractivity contribution is -0.132. The number of Topliss-reactive ketones (excluding diaryl/α,β-unsaturated/α-hetero) is 1. The third-order valence-corrected chi connectivity index (χ3v) is 6.14. The molecule has 5 nitrogen and oxygen atoms in total. The first-order valence-corrected chi connectivity index (χ1v) is 10.7. The maximum atomic E-state index is 12.9. The van der Waals surface area contributed by atoms with Crippen LogP contribution < -0.4 is 4.90 Å². The highest BCUT2D eigenvalue weighted by Crippen LogP contribution is 2.43. The largest absolute Gasteiger partial charge is 0.507 e. The van der Waals surface area contributed by atoms with Crippen LogP contribution in [0.2, 0.25) is 0 Å². The van der Waals surface area contributed by atoms with Crippen LogP contribution in [0, 0.1) is 0 Å². The van der Waals surface area contributed by atoms with Gasteiger partial charge in [0.05, 0.1) is 11.6 Å². The van der Waals surface area contributed by atoms with Gasteiger partial charge in [-0.25, -0.2) is 4.98 Å². The van der Waals surface area contributed by atoms with Crippen LogP contribution in [0.4, 0.5) is 5.13 Å². The van der Waals surface area contributed by atoms with E-state index < -0.39 is 17.7 Å². The summed E-state index contributed by atoms with van der Waals surface area (Å²) < 4.78 is 1.65. The highest BCUT2D eigenvalue weighted by atomic mass is 79.9. The number of carbonyl (C=O) groups is 2. The molecule has 1 fully saturated rings. The van der Waals surface area contributed by atoms with Crippen molar-refractivity contribution in [1.29, 1.82) is 0 Å². The number of thiazole rings is 1.